The molecule has 2 aromatic heterocycles. The lowest BCUT2D eigenvalue weighted by Crippen LogP contribution is -2.12. The zero-order valence-corrected chi connectivity index (χ0v) is 17.2. The van der Waals surface area contributed by atoms with Gasteiger partial charge in [0.1, 0.15) is 5.75 Å². The first-order valence-electron chi connectivity index (χ1n) is 10.2. The number of phenols is 1. The molecule has 0 radical (unpaired) electrons. The van der Waals surface area contributed by atoms with Crippen LogP contribution >= 0.6 is 0 Å². The largest absolute Gasteiger partial charge is 0.508 e. The monoisotopic (exact) mass is 423 g/mol. The van der Waals surface area contributed by atoms with Gasteiger partial charge in [-0.15, -0.1) is 5.10 Å². The van der Waals surface area contributed by atoms with Crippen molar-refractivity contribution in [3.8, 4) is 17.1 Å². The second kappa shape index (κ2) is 8.73. The highest BCUT2D eigenvalue weighted by molar-refractivity contribution is 5.60. The van der Waals surface area contributed by atoms with Crippen LogP contribution in [0.1, 0.15) is 11.1 Å². The molecule has 8 nitrogen and oxygen atoms in total. The lowest BCUT2D eigenvalue weighted by Gasteiger charge is -2.10. The van der Waals surface area contributed by atoms with Gasteiger partial charge in [-0.1, -0.05) is 72.8 Å². The predicted molar refractivity (Wildman–Crippen MR) is 123 cm³/mol. The topological polar surface area (TPSA) is 100 Å². The fourth-order valence-electron chi connectivity index (χ4n) is 3.30. The van der Waals surface area contributed by atoms with Gasteiger partial charge in [0.05, 0.1) is 0 Å². The van der Waals surface area contributed by atoms with Crippen molar-refractivity contribution in [2.75, 3.05) is 10.6 Å². The molecule has 0 saturated carbocycles. The minimum Gasteiger partial charge on any atom is -0.508 e. The number of phenolic OH excluding ortho intramolecular Hbond substituents is 1. The maximum absolute atomic E-state index is 9.82. The number of hydrogen-bond donors (Lipinski definition) is 3. The van der Waals surface area contributed by atoms with E-state index in [1.807, 2.05) is 66.7 Å². The zero-order chi connectivity index (χ0) is 21.8. The number of rotatable bonds is 7. The van der Waals surface area contributed by atoms with Crippen molar-refractivity contribution >= 4 is 17.7 Å². The van der Waals surface area contributed by atoms with E-state index in [-0.39, 0.29) is 5.75 Å². The van der Waals surface area contributed by atoms with Crippen molar-refractivity contribution in [3.05, 3.63) is 96.1 Å². The van der Waals surface area contributed by atoms with Crippen LogP contribution < -0.4 is 10.6 Å². The molecule has 0 aliphatic carbocycles. The van der Waals surface area contributed by atoms with Crippen LogP contribution in [0.4, 0.5) is 11.9 Å². The third-order valence-electron chi connectivity index (χ3n) is 4.90. The molecule has 158 valence electrons. The molecule has 5 aromatic rings. The number of fused-ring (bicyclic) bond motifs is 1. The van der Waals surface area contributed by atoms with Crippen molar-refractivity contribution in [3.63, 3.8) is 0 Å². The molecule has 0 bridgehead atoms. The minimum atomic E-state index is 0.153. The highest BCUT2D eigenvalue weighted by Gasteiger charge is 2.14. The Morgan fingerprint density at radius 1 is 0.719 bits per heavy atom. The van der Waals surface area contributed by atoms with Crippen molar-refractivity contribution in [1.29, 1.82) is 0 Å². The summed E-state index contributed by atoms with van der Waals surface area (Å²) in [5.74, 6) is 1.99. The van der Waals surface area contributed by atoms with E-state index < -0.39 is 0 Å². The van der Waals surface area contributed by atoms with Gasteiger partial charge in [0.25, 0.3) is 5.78 Å². The summed E-state index contributed by atoms with van der Waals surface area (Å²) in [5.41, 5.74) is 2.94. The Hall–Kier alpha value is -4.46. The molecular weight excluding hydrogens is 402 g/mol. The standard InChI is InChI=1S/C24H21N7O/c32-20-13-7-12-19(14-20)21-27-24-29-22(25-15-17-8-3-1-4-9-17)28-23(31(24)30-21)26-16-18-10-5-2-6-11-18/h1-14,32H,15-16H2,(H2,25,26,27,28,29,30). The average Bonchev–Trinajstić information content (AvgIpc) is 3.27. The molecule has 3 N–H and O–H groups in total. The van der Waals surface area contributed by atoms with Crippen LogP contribution in [0.15, 0.2) is 84.9 Å². The average molecular weight is 423 g/mol. The van der Waals surface area contributed by atoms with Crippen LogP contribution in [0.3, 0.4) is 0 Å². The third-order valence-corrected chi connectivity index (χ3v) is 4.90. The highest BCUT2D eigenvalue weighted by atomic mass is 16.3. The van der Waals surface area contributed by atoms with Crippen molar-refractivity contribution in [2.45, 2.75) is 13.1 Å². The fourth-order valence-corrected chi connectivity index (χ4v) is 3.30. The molecule has 0 atom stereocenters. The predicted octanol–water partition coefficient (Wildman–Crippen LogP) is 4.12. The number of aromatic hydroxyl groups is 1. The van der Waals surface area contributed by atoms with Crippen LogP contribution in [-0.2, 0) is 13.1 Å². The maximum atomic E-state index is 9.82. The number of aromatic nitrogens is 5. The number of nitrogens with zero attached hydrogens (tertiary/aromatic N) is 5. The van der Waals surface area contributed by atoms with Crippen LogP contribution in [0.25, 0.3) is 17.2 Å². The van der Waals surface area contributed by atoms with Gasteiger partial charge in [-0.25, -0.2) is 0 Å². The third kappa shape index (κ3) is 4.34. The van der Waals surface area contributed by atoms with Crippen LogP contribution in [0.2, 0.25) is 0 Å². The Kier molecular flexibility index (Phi) is 5.32. The van der Waals surface area contributed by atoms with Gasteiger partial charge < -0.3 is 15.7 Å². The molecule has 3 aromatic carbocycles. The second-order valence-corrected chi connectivity index (χ2v) is 7.25. The molecule has 0 amide bonds. The first kappa shape index (κ1) is 19.5. The van der Waals surface area contributed by atoms with Gasteiger partial charge in [-0.3, -0.25) is 0 Å². The van der Waals surface area contributed by atoms with Gasteiger partial charge in [-0.2, -0.15) is 19.5 Å². The summed E-state index contributed by atoms with van der Waals surface area (Å²) in [6.45, 7) is 1.16. The van der Waals surface area contributed by atoms with Gasteiger partial charge >= 0.3 is 0 Å². The first-order valence-corrected chi connectivity index (χ1v) is 10.2. The molecule has 0 fully saturated rings. The van der Waals surface area contributed by atoms with E-state index in [0.717, 1.165) is 11.1 Å². The Morgan fingerprint density at radius 3 is 2.09 bits per heavy atom. The Morgan fingerprint density at radius 2 is 1.41 bits per heavy atom. The van der Waals surface area contributed by atoms with E-state index in [1.54, 1.807) is 22.7 Å². The van der Waals surface area contributed by atoms with Crippen LogP contribution in [-0.4, -0.2) is 29.7 Å². The summed E-state index contributed by atoms with van der Waals surface area (Å²) in [6.07, 6.45) is 0. The van der Waals surface area contributed by atoms with Crippen LogP contribution in [0.5, 0.6) is 5.75 Å². The molecule has 0 spiro atoms. The van der Waals surface area contributed by atoms with Gasteiger partial charge in [0, 0.05) is 18.7 Å². The molecule has 32 heavy (non-hydrogen) atoms. The number of hydrogen-bond acceptors (Lipinski definition) is 7. The highest BCUT2D eigenvalue weighted by Crippen LogP contribution is 2.22. The van der Waals surface area contributed by atoms with Gasteiger partial charge in [0.2, 0.25) is 11.9 Å². The summed E-state index contributed by atoms with van der Waals surface area (Å²) in [6, 6.07) is 26.9. The summed E-state index contributed by atoms with van der Waals surface area (Å²) in [4.78, 5) is 13.7. The van der Waals surface area contributed by atoms with E-state index in [9.17, 15) is 5.11 Å². The van der Waals surface area contributed by atoms with Crippen LogP contribution in [0, 0.1) is 0 Å². The lowest BCUT2D eigenvalue weighted by molar-refractivity contribution is 0.475. The molecule has 5 rings (SSSR count). The van der Waals surface area contributed by atoms with Crippen molar-refractivity contribution in [1.82, 2.24) is 24.6 Å². The first-order chi connectivity index (χ1) is 15.7. The van der Waals surface area contributed by atoms with E-state index in [4.69, 9.17) is 0 Å². The Balaban J connectivity index is 1.49. The minimum absolute atomic E-state index is 0.153. The molecule has 0 unspecified atom stereocenters. The Bertz CT molecular complexity index is 1340. The molecule has 0 aliphatic rings. The van der Waals surface area contributed by atoms with Gasteiger partial charge in [-0.05, 0) is 23.3 Å². The summed E-state index contributed by atoms with van der Waals surface area (Å²) < 4.78 is 1.58. The molecule has 2 heterocycles. The maximum Gasteiger partial charge on any atom is 0.259 e. The van der Waals surface area contributed by atoms with E-state index >= 15 is 0 Å². The van der Waals surface area contributed by atoms with Crippen molar-refractivity contribution in [2.24, 2.45) is 0 Å². The van der Waals surface area contributed by atoms with E-state index in [2.05, 4.69) is 30.7 Å². The summed E-state index contributed by atoms with van der Waals surface area (Å²) in [7, 11) is 0. The summed E-state index contributed by atoms with van der Waals surface area (Å²) in [5, 5.41) is 21.0. The normalized spacial score (nSPS) is 10.9. The number of nitrogens with one attached hydrogen (secondary N) is 2. The molecule has 0 aliphatic heterocycles. The molecular formula is C24H21N7O. The SMILES string of the molecule is Oc1cccc(-c2nc3nc(NCc4ccccc4)nc(NCc4ccccc4)n3n2)c1. The zero-order valence-electron chi connectivity index (χ0n) is 17.2. The molecule has 0 saturated heterocycles. The number of benzene rings is 3. The van der Waals surface area contributed by atoms with Gasteiger partial charge in [0.15, 0.2) is 5.82 Å². The second-order valence-electron chi connectivity index (χ2n) is 7.25. The van der Waals surface area contributed by atoms with E-state index in [0.29, 0.717) is 42.2 Å². The Labute approximate surface area is 184 Å². The number of anilines is 2. The smallest absolute Gasteiger partial charge is 0.259 e. The lowest BCUT2D eigenvalue weighted by atomic mass is 10.2. The van der Waals surface area contributed by atoms with E-state index in [1.165, 1.54) is 0 Å². The fraction of sp³-hybridized carbons (Fsp3) is 0.0833. The molecule has 8 heteroatoms. The quantitative estimate of drug-likeness (QED) is 0.362. The van der Waals surface area contributed by atoms with Crippen molar-refractivity contribution < 1.29 is 5.11 Å². The summed E-state index contributed by atoms with van der Waals surface area (Å²) >= 11 is 0.